The van der Waals surface area contributed by atoms with Crippen LogP contribution < -0.4 is 15.8 Å². The van der Waals surface area contributed by atoms with Crippen LogP contribution in [0.5, 0.6) is 5.75 Å². The molecule has 0 saturated carbocycles. The van der Waals surface area contributed by atoms with Crippen molar-refractivity contribution in [2.24, 2.45) is 0 Å². The first-order valence-corrected chi connectivity index (χ1v) is 7.88. The van der Waals surface area contributed by atoms with Crippen LogP contribution >= 0.6 is 0 Å². The average molecular weight is 351 g/mol. The molecule has 3 N–H and O–H groups in total. The van der Waals surface area contributed by atoms with Crippen molar-refractivity contribution in [3.63, 3.8) is 0 Å². The molecule has 2 amide bonds. The molecule has 0 saturated heterocycles. The van der Waals surface area contributed by atoms with Crippen LogP contribution in [0.2, 0.25) is 0 Å². The number of carbonyl (C=O) groups is 2. The Morgan fingerprint density at radius 3 is 2.38 bits per heavy atom. The predicted molar refractivity (Wildman–Crippen MR) is 99.7 cm³/mol. The van der Waals surface area contributed by atoms with Gasteiger partial charge in [0.15, 0.2) is 0 Å². The maximum atomic E-state index is 12.8. The van der Waals surface area contributed by atoms with E-state index >= 15 is 0 Å². The lowest BCUT2D eigenvalue weighted by Gasteiger charge is -2.18. The van der Waals surface area contributed by atoms with Gasteiger partial charge in [-0.05, 0) is 36.4 Å². The van der Waals surface area contributed by atoms with Crippen molar-refractivity contribution in [3.05, 3.63) is 64.4 Å². The Morgan fingerprint density at radius 2 is 1.73 bits per heavy atom. The zero-order chi connectivity index (χ0) is 18.8. The molecule has 0 unspecified atom stereocenters. The molecule has 7 nitrogen and oxygen atoms in total. The monoisotopic (exact) mass is 351 g/mol. The summed E-state index contributed by atoms with van der Waals surface area (Å²) >= 11 is 0. The summed E-state index contributed by atoms with van der Waals surface area (Å²) in [7, 11) is 1.50. The number of carbonyl (C=O) groups excluding carboxylic acids is 2. The fourth-order valence-corrected chi connectivity index (χ4v) is 2.68. The maximum Gasteiger partial charge on any atom is 0.267 e. The Morgan fingerprint density at radius 1 is 1.08 bits per heavy atom. The number of benzene rings is 2. The standard InChI is InChI=1S/C19H17N3O4/c1-11(23)20-12-7-9-13(10-8-12)22(2)19(26)16-17(24)14-5-3-4-6-15(14)21-18(16)25/h3-10H,1-2H3,(H,20,23)(H2,21,24,25). The van der Waals surface area contributed by atoms with Gasteiger partial charge >= 0.3 is 0 Å². The van der Waals surface area contributed by atoms with Gasteiger partial charge in [-0.1, -0.05) is 12.1 Å². The van der Waals surface area contributed by atoms with Gasteiger partial charge in [-0.2, -0.15) is 0 Å². The summed E-state index contributed by atoms with van der Waals surface area (Å²) in [6, 6.07) is 13.3. The van der Waals surface area contributed by atoms with E-state index in [9.17, 15) is 19.5 Å². The molecule has 0 bridgehead atoms. The normalized spacial score (nSPS) is 10.5. The van der Waals surface area contributed by atoms with E-state index in [-0.39, 0.29) is 17.2 Å². The number of fused-ring (bicyclic) bond motifs is 1. The summed E-state index contributed by atoms with van der Waals surface area (Å²) < 4.78 is 0. The molecule has 3 aromatic rings. The van der Waals surface area contributed by atoms with Crippen molar-refractivity contribution in [2.75, 3.05) is 17.3 Å². The molecule has 26 heavy (non-hydrogen) atoms. The van der Waals surface area contributed by atoms with E-state index in [2.05, 4.69) is 10.3 Å². The van der Waals surface area contributed by atoms with Gasteiger partial charge in [0.05, 0.1) is 5.52 Å². The van der Waals surface area contributed by atoms with E-state index in [1.54, 1.807) is 48.5 Å². The van der Waals surface area contributed by atoms with Crippen LogP contribution in [-0.4, -0.2) is 29.0 Å². The van der Waals surface area contributed by atoms with Gasteiger partial charge in [-0.15, -0.1) is 0 Å². The summed E-state index contributed by atoms with van der Waals surface area (Å²) in [4.78, 5) is 40.0. The van der Waals surface area contributed by atoms with E-state index in [1.165, 1.54) is 18.9 Å². The molecule has 0 aliphatic carbocycles. The third-order valence-corrected chi connectivity index (χ3v) is 3.99. The Bertz CT molecular complexity index is 1050. The van der Waals surface area contributed by atoms with Crippen LogP contribution in [0.4, 0.5) is 11.4 Å². The molecule has 0 fully saturated rings. The molecule has 132 valence electrons. The van der Waals surface area contributed by atoms with Gasteiger partial charge in [-0.3, -0.25) is 14.4 Å². The fourth-order valence-electron chi connectivity index (χ4n) is 2.68. The first-order valence-electron chi connectivity index (χ1n) is 7.88. The minimum Gasteiger partial charge on any atom is -0.506 e. The average Bonchev–Trinajstić information content (AvgIpc) is 2.61. The second-order valence-electron chi connectivity index (χ2n) is 5.82. The lowest BCUT2D eigenvalue weighted by Crippen LogP contribution is -2.31. The molecular weight excluding hydrogens is 334 g/mol. The summed E-state index contributed by atoms with van der Waals surface area (Å²) in [6.45, 7) is 1.40. The summed E-state index contributed by atoms with van der Waals surface area (Å²) in [5.74, 6) is -1.19. The maximum absolute atomic E-state index is 12.8. The van der Waals surface area contributed by atoms with Gasteiger partial charge in [0.25, 0.3) is 11.5 Å². The Hall–Kier alpha value is -3.61. The summed E-state index contributed by atoms with van der Waals surface area (Å²) in [6.07, 6.45) is 0. The molecule has 3 rings (SSSR count). The second-order valence-corrected chi connectivity index (χ2v) is 5.82. The number of nitrogens with zero attached hydrogens (tertiary/aromatic N) is 1. The minimum absolute atomic E-state index is 0.199. The lowest BCUT2D eigenvalue weighted by atomic mass is 10.1. The van der Waals surface area contributed by atoms with Crippen LogP contribution in [-0.2, 0) is 4.79 Å². The van der Waals surface area contributed by atoms with Crippen LogP contribution in [0.1, 0.15) is 17.3 Å². The van der Waals surface area contributed by atoms with Crippen LogP contribution in [0.15, 0.2) is 53.3 Å². The minimum atomic E-state index is -0.659. The molecule has 1 aromatic heterocycles. The highest BCUT2D eigenvalue weighted by Gasteiger charge is 2.23. The van der Waals surface area contributed by atoms with Crippen molar-refractivity contribution in [2.45, 2.75) is 6.92 Å². The SMILES string of the molecule is CC(=O)Nc1ccc(N(C)C(=O)c2c(O)c3ccccc3[nH]c2=O)cc1. The Kier molecular flexibility index (Phi) is 4.45. The van der Waals surface area contributed by atoms with E-state index in [1.807, 2.05) is 0 Å². The molecule has 2 aromatic carbocycles. The van der Waals surface area contributed by atoms with Gasteiger partial charge in [-0.25, -0.2) is 0 Å². The number of hydrogen-bond acceptors (Lipinski definition) is 4. The molecule has 0 spiro atoms. The smallest absolute Gasteiger partial charge is 0.267 e. The number of nitrogens with one attached hydrogen (secondary N) is 2. The number of amides is 2. The van der Waals surface area contributed by atoms with Gasteiger partial charge in [0, 0.05) is 30.7 Å². The topological polar surface area (TPSA) is 102 Å². The van der Waals surface area contributed by atoms with Crippen LogP contribution in [0.25, 0.3) is 10.9 Å². The highest BCUT2D eigenvalue weighted by Crippen LogP contribution is 2.26. The number of pyridine rings is 1. The first-order chi connectivity index (χ1) is 12.4. The van der Waals surface area contributed by atoms with Gasteiger partial charge in [0.2, 0.25) is 5.91 Å². The zero-order valence-corrected chi connectivity index (χ0v) is 14.2. The third kappa shape index (κ3) is 3.14. The lowest BCUT2D eigenvalue weighted by molar-refractivity contribution is -0.114. The molecule has 0 radical (unpaired) electrons. The number of aromatic hydroxyl groups is 1. The van der Waals surface area contributed by atoms with E-state index in [0.717, 1.165) is 0 Å². The van der Waals surface area contributed by atoms with E-state index < -0.39 is 11.5 Å². The quantitative estimate of drug-likeness (QED) is 0.674. The van der Waals surface area contributed by atoms with Crippen LogP contribution in [0, 0.1) is 0 Å². The van der Waals surface area contributed by atoms with Crippen molar-refractivity contribution >= 4 is 34.1 Å². The number of H-pyrrole nitrogens is 1. The fraction of sp³-hybridized carbons (Fsp3) is 0.105. The second kappa shape index (κ2) is 6.72. The highest BCUT2D eigenvalue weighted by atomic mass is 16.3. The summed E-state index contributed by atoms with van der Waals surface area (Å²) in [5.41, 5.74) is 0.573. The number of rotatable bonds is 3. The number of hydrogen-bond donors (Lipinski definition) is 3. The molecule has 0 aliphatic heterocycles. The van der Waals surface area contributed by atoms with E-state index in [4.69, 9.17) is 0 Å². The van der Waals surface area contributed by atoms with Crippen molar-refractivity contribution in [3.8, 4) is 5.75 Å². The predicted octanol–water partition coefficient (Wildman–Crippen LogP) is 2.47. The van der Waals surface area contributed by atoms with Crippen molar-refractivity contribution in [1.82, 2.24) is 4.98 Å². The van der Waals surface area contributed by atoms with Crippen LogP contribution in [0.3, 0.4) is 0 Å². The molecule has 1 heterocycles. The first kappa shape index (κ1) is 17.2. The van der Waals surface area contributed by atoms with Crippen molar-refractivity contribution < 1.29 is 14.7 Å². The number of para-hydroxylation sites is 1. The van der Waals surface area contributed by atoms with Crippen molar-refractivity contribution in [1.29, 1.82) is 0 Å². The van der Waals surface area contributed by atoms with Gasteiger partial charge in [0.1, 0.15) is 11.3 Å². The Balaban J connectivity index is 1.97. The largest absolute Gasteiger partial charge is 0.506 e. The summed E-state index contributed by atoms with van der Waals surface area (Å²) in [5, 5.41) is 13.5. The van der Waals surface area contributed by atoms with E-state index in [0.29, 0.717) is 22.3 Å². The third-order valence-electron chi connectivity index (χ3n) is 3.99. The molecule has 7 heteroatoms. The number of aromatic nitrogens is 1. The number of aromatic amines is 1. The Labute approximate surface area is 148 Å². The number of anilines is 2. The van der Waals surface area contributed by atoms with Gasteiger partial charge < -0.3 is 20.3 Å². The highest BCUT2D eigenvalue weighted by molar-refractivity contribution is 6.10. The molecular formula is C19H17N3O4. The zero-order valence-electron chi connectivity index (χ0n) is 14.2. The molecule has 0 aliphatic rings. The molecule has 0 atom stereocenters.